The summed E-state index contributed by atoms with van der Waals surface area (Å²) in [7, 11) is 0. The largest absolute Gasteiger partial charge is 0.480 e. The molecule has 3 aromatic rings. The van der Waals surface area contributed by atoms with Crippen LogP contribution >= 0.6 is 11.6 Å². The van der Waals surface area contributed by atoms with Gasteiger partial charge in [-0.1, -0.05) is 23.7 Å². The monoisotopic (exact) mass is 329 g/mol. The van der Waals surface area contributed by atoms with Crippen molar-refractivity contribution in [3.05, 3.63) is 59.5 Å². The van der Waals surface area contributed by atoms with Crippen LogP contribution in [0, 0.1) is 0 Å². The number of amides is 1. The number of pyridine rings is 1. The summed E-state index contributed by atoms with van der Waals surface area (Å²) in [4.78, 5) is 26.5. The molecule has 0 aliphatic carbocycles. The summed E-state index contributed by atoms with van der Waals surface area (Å²) in [6.07, 6.45) is 3.39. The molecule has 2 aromatic heterocycles. The Hall–Kier alpha value is -2.86. The van der Waals surface area contributed by atoms with E-state index in [0.29, 0.717) is 10.7 Å². The second-order valence-corrected chi connectivity index (χ2v) is 5.33. The van der Waals surface area contributed by atoms with Gasteiger partial charge in [-0.25, -0.2) is 4.98 Å². The maximum atomic E-state index is 11.9. The van der Waals surface area contributed by atoms with Crippen LogP contribution in [0.1, 0.15) is 10.5 Å². The Morgan fingerprint density at radius 2 is 2.00 bits per heavy atom. The molecule has 7 heteroatoms. The van der Waals surface area contributed by atoms with Crippen LogP contribution in [0.5, 0.6) is 0 Å². The molecular weight excluding hydrogens is 318 g/mol. The van der Waals surface area contributed by atoms with Crippen molar-refractivity contribution >= 4 is 29.1 Å². The summed E-state index contributed by atoms with van der Waals surface area (Å²) in [5, 5.41) is 11.5. The highest BCUT2D eigenvalue weighted by Crippen LogP contribution is 2.23. The molecule has 0 fully saturated rings. The van der Waals surface area contributed by atoms with Crippen LogP contribution in [-0.4, -0.2) is 32.9 Å². The van der Waals surface area contributed by atoms with Crippen LogP contribution in [0.25, 0.3) is 16.8 Å². The van der Waals surface area contributed by atoms with Gasteiger partial charge in [0, 0.05) is 17.4 Å². The third-order valence-electron chi connectivity index (χ3n) is 3.24. The summed E-state index contributed by atoms with van der Waals surface area (Å²) in [5.74, 6) is -1.63. The van der Waals surface area contributed by atoms with Gasteiger partial charge in [0.1, 0.15) is 17.9 Å². The number of carbonyl (C=O) groups is 2. The second-order valence-electron chi connectivity index (χ2n) is 4.90. The lowest BCUT2D eigenvalue weighted by atomic mass is 10.1. The van der Waals surface area contributed by atoms with Crippen LogP contribution in [0.3, 0.4) is 0 Å². The van der Waals surface area contributed by atoms with Crippen molar-refractivity contribution < 1.29 is 14.7 Å². The smallest absolute Gasteiger partial charge is 0.322 e. The van der Waals surface area contributed by atoms with Gasteiger partial charge in [0.15, 0.2) is 0 Å². The van der Waals surface area contributed by atoms with Gasteiger partial charge in [-0.05, 0) is 35.4 Å². The molecule has 116 valence electrons. The third kappa shape index (κ3) is 3.32. The zero-order chi connectivity index (χ0) is 16.4. The molecule has 3 rings (SSSR count). The number of carbonyl (C=O) groups excluding carboxylic acids is 1. The van der Waals surface area contributed by atoms with E-state index in [0.717, 1.165) is 11.1 Å². The third-order valence-corrected chi connectivity index (χ3v) is 3.48. The molecule has 6 nitrogen and oxygen atoms in total. The first-order valence-corrected chi connectivity index (χ1v) is 7.15. The molecule has 23 heavy (non-hydrogen) atoms. The number of nitrogens with one attached hydrogen (secondary N) is 1. The Morgan fingerprint density at radius 3 is 2.74 bits per heavy atom. The molecule has 2 heterocycles. The number of aliphatic carboxylic acids is 1. The maximum absolute atomic E-state index is 11.9. The van der Waals surface area contributed by atoms with E-state index in [2.05, 4.69) is 10.3 Å². The van der Waals surface area contributed by atoms with Crippen LogP contribution in [0.15, 0.2) is 48.8 Å². The minimum absolute atomic E-state index is 0.162. The van der Waals surface area contributed by atoms with E-state index in [4.69, 9.17) is 16.7 Å². The lowest BCUT2D eigenvalue weighted by Crippen LogP contribution is -2.29. The van der Waals surface area contributed by atoms with E-state index in [9.17, 15) is 9.59 Å². The van der Waals surface area contributed by atoms with Gasteiger partial charge in [0.05, 0.1) is 0 Å². The lowest BCUT2D eigenvalue weighted by molar-refractivity contribution is -0.135. The number of nitrogens with zero attached hydrogens (tertiary/aromatic N) is 2. The summed E-state index contributed by atoms with van der Waals surface area (Å²) < 4.78 is 1.71. The van der Waals surface area contributed by atoms with Gasteiger partial charge < -0.3 is 14.8 Å². The van der Waals surface area contributed by atoms with Crippen LogP contribution in [0.4, 0.5) is 0 Å². The fourth-order valence-electron chi connectivity index (χ4n) is 2.19. The molecule has 0 atom stereocenters. The highest BCUT2D eigenvalue weighted by Gasteiger charge is 2.12. The SMILES string of the molecule is O=C(O)CNC(=O)c1cn2cc(-c3cccc(Cl)c3)ccc2n1. The lowest BCUT2D eigenvalue weighted by Gasteiger charge is -2.03. The van der Waals surface area contributed by atoms with Crippen molar-refractivity contribution in [3.63, 3.8) is 0 Å². The number of imidazole rings is 1. The molecule has 0 radical (unpaired) electrons. The molecule has 0 aliphatic rings. The number of carboxylic acid groups (broad SMARTS) is 1. The second kappa shape index (κ2) is 6.10. The fraction of sp³-hybridized carbons (Fsp3) is 0.0625. The van der Waals surface area contributed by atoms with Crippen molar-refractivity contribution in [1.29, 1.82) is 0 Å². The van der Waals surface area contributed by atoms with E-state index < -0.39 is 18.4 Å². The van der Waals surface area contributed by atoms with E-state index in [-0.39, 0.29) is 5.69 Å². The van der Waals surface area contributed by atoms with Crippen LogP contribution < -0.4 is 5.32 Å². The van der Waals surface area contributed by atoms with E-state index in [1.165, 1.54) is 0 Å². The molecule has 1 amide bonds. The number of hydrogen-bond acceptors (Lipinski definition) is 3. The number of aromatic nitrogens is 2. The predicted molar refractivity (Wildman–Crippen MR) is 85.6 cm³/mol. The number of halogens is 1. The van der Waals surface area contributed by atoms with Crippen molar-refractivity contribution in [2.75, 3.05) is 6.54 Å². The first-order valence-electron chi connectivity index (χ1n) is 6.77. The predicted octanol–water partition coefficient (Wildman–Crippen LogP) is 2.47. The van der Waals surface area contributed by atoms with Gasteiger partial charge in [-0.2, -0.15) is 0 Å². The minimum Gasteiger partial charge on any atom is -0.480 e. The van der Waals surface area contributed by atoms with Crippen molar-refractivity contribution in [2.45, 2.75) is 0 Å². The summed E-state index contributed by atoms with van der Waals surface area (Å²) in [6, 6.07) is 11.1. The van der Waals surface area contributed by atoms with Gasteiger partial charge >= 0.3 is 5.97 Å². The molecule has 0 bridgehead atoms. The molecule has 0 saturated heterocycles. The Balaban J connectivity index is 1.92. The fourth-order valence-corrected chi connectivity index (χ4v) is 2.38. The number of benzene rings is 1. The molecule has 0 saturated carbocycles. The zero-order valence-corrected chi connectivity index (χ0v) is 12.6. The van der Waals surface area contributed by atoms with Crippen molar-refractivity contribution in [3.8, 4) is 11.1 Å². The standard InChI is InChI=1S/C16H12ClN3O3/c17-12-3-1-2-10(6-12)11-4-5-14-19-13(9-20(14)8-11)16(23)18-7-15(21)22/h1-6,8-9H,7H2,(H,18,23)(H,21,22). The average molecular weight is 330 g/mol. The van der Waals surface area contributed by atoms with Gasteiger partial charge in [-0.3, -0.25) is 9.59 Å². The number of fused-ring (bicyclic) bond motifs is 1. The van der Waals surface area contributed by atoms with Gasteiger partial charge in [0.2, 0.25) is 0 Å². The molecule has 0 aliphatic heterocycles. The average Bonchev–Trinajstić information content (AvgIpc) is 2.95. The summed E-state index contributed by atoms with van der Waals surface area (Å²) >= 11 is 6.00. The molecule has 0 unspecified atom stereocenters. The quantitative estimate of drug-likeness (QED) is 0.770. The number of rotatable bonds is 4. The number of carboxylic acids is 1. The zero-order valence-electron chi connectivity index (χ0n) is 11.9. The van der Waals surface area contributed by atoms with E-state index >= 15 is 0 Å². The topological polar surface area (TPSA) is 83.7 Å². The van der Waals surface area contributed by atoms with Gasteiger partial charge in [-0.15, -0.1) is 0 Å². The maximum Gasteiger partial charge on any atom is 0.322 e. The van der Waals surface area contributed by atoms with Crippen LogP contribution in [0.2, 0.25) is 5.02 Å². The number of hydrogen-bond donors (Lipinski definition) is 2. The van der Waals surface area contributed by atoms with Gasteiger partial charge in [0.25, 0.3) is 5.91 Å². The first-order chi connectivity index (χ1) is 11.0. The highest BCUT2D eigenvalue weighted by molar-refractivity contribution is 6.30. The summed E-state index contributed by atoms with van der Waals surface area (Å²) in [5.41, 5.74) is 2.63. The van der Waals surface area contributed by atoms with Crippen molar-refractivity contribution in [2.24, 2.45) is 0 Å². The summed E-state index contributed by atoms with van der Waals surface area (Å²) in [6.45, 7) is -0.444. The highest BCUT2D eigenvalue weighted by atomic mass is 35.5. The van der Waals surface area contributed by atoms with Crippen LogP contribution in [-0.2, 0) is 4.79 Å². The Morgan fingerprint density at radius 1 is 1.17 bits per heavy atom. The molecule has 2 N–H and O–H groups in total. The Labute approximate surface area is 136 Å². The van der Waals surface area contributed by atoms with E-state index in [1.807, 2.05) is 30.5 Å². The minimum atomic E-state index is -1.11. The van der Waals surface area contributed by atoms with E-state index in [1.54, 1.807) is 22.7 Å². The van der Waals surface area contributed by atoms with Crippen molar-refractivity contribution in [1.82, 2.24) is 14.7 Å². The molecule has 0 spiro atoms. The molecule has 1 aromatic carbocycles. The Kier molecular flexibility index (Phi) is 3.99. The Bertz CT molecular complexity index is 904. The molecular formula is C16H12ClN3O3. The normalized spacial score (nSPS) is 10.7. The first kappa shape index (κ1) is 15.1.